The maximum atomic E-state index is 5.99. The maximum absolute atomic E-state index is 5.99. The van der Waals surface area contributed by atoms with E-state index in [0.717, 1.165) is 41.9 Å². The summed E-state index contributed by atoms with van der Waals surface area (Å²) in [7, 11) is 0. The minimum Gasteiger partial charge on any atom is -0.345 e. The van der Waals surface area contributed by atoms with Crippen LogP contribution in [0, 0.1) is 0 Å². The van der Waals surface area contributed by atoms with Gasteiger partial charge in [0.1, 0.15) is 5.82 Å². The molecule has 3 heterocycles. The summed E-state index contributed by atoms with van der Waals surface area (Å²) in [5.41, 5.74) is 8.70. The van der Waals surface area contributed by atoms with Gasteiger partial charge >= 0.3 is 0 Å². The molecule has 6 heteroatoms. The Morgan fingerprint density at radius 2 is 2.28 bits per heavy atom. The van der Waals surface area contributed by atoms with E-state index in [1.165, 1.54) is 0 Å². The van der Waals surface area contributed by atoms with Gasteiger partial charge in [0.25, 0.3) is 0 Å². The van der Waals surface area contributed by atoms with Crippen molar-refractivity contribution < 1.29 is 0 Å². The van der Waals surface area contributed by atoms with Crippen LogP contribution in [0.15, 0.2) is 18.5 Å². The molecule has 0 amide bonds. The molecule has 3 aromatic rings. The molecule has 3 aromatic heterocycles. The van der Waals surface area contributed by atoms with Crippen molar-refractivity contribution in [3.63, 3.8) is 0 Å². The van der Waals surface area contributed by atoms with Crippen molar-refractivity contribution in [2.75, 3.05) is 0 Å². The van der Waals surface area contributed by atoms with Crippen molar-refractivity contribution in [2.45, 2.75) is 31.2 Å². The lowest BCUT2D eigenvalue weighted by atomic mass is 10.1. The van der Waals surface area contributed by atoms with Crippen LogP contribution in [0.3, 0.4) is 0 Å². The molecule has 18 heavy (non-hydrogen) atoms. The first-order valence-electron chi connectivity index (χ1n) is 6.25. The van der Waals surface area contributed by atoms with Crippen molar-refractivity contribution in [1.29, 1.82) is 0 Å². The fraction of sp³-hybridized carbons (Fsp3) is 0.417. The zero-order valence-electron chi connectivity index (χ0n) is 9.87. The second-order valence-corrected chi connectivity index (χ2v) is 4.99. The zero-order chi connectivity index (χ0) is 12.1. The molecule has 0 radical (unpaired) electrons. The van der Waals surface area contributed by atoms with Crippen LogP contribution < -0.4 is 5.73 Å². The Balaban J connectivity index is 1.97. The van der Waals surface area contributed by atoms with E-state index in [4.69, 9.17) is 5.73 Å². The molecule has 0 aromatic carbocycles. The summed E-state index contributed by atoms with van der Waals surface area (Å²) >= 11 is 0. The standard InChI is InChI=1S/C12H14N6/c13-8-2-1-7(5-8)12-17-16-10-6-15-11-9(18(10)12)3-4-14-11/h3-4,6-8,14H,1-2,5,13H2/t7-,8-/m1/s1. The highest BCUT2D eigenvalue weighted by Crippen LogP contribution is 2.33. The van der Waals surface area contributed by atoms with E-state index in [2.05, 4.69) is 24.6 Å². The second-order valence-electron chi connectivity index (χ2n) is 4.99. The Bertz CT molecular complexity index is 712. The predicted octanol–water partition coefficient (Wildman–Crippen LogP) is 1.20. The number of hydrogen-bond acceptors (Lipinski definition) is 4. The summed E-state index contributed by atoms with van der Waals surface area (Å²) in [6, 6.07) is 2.31. The van der Waals surface area contributed by atoms with Gasteiger partial charge in [0.15, 0.2) is 11.3 Å². The third-order valence-electron chi connectivity index (χ3n) is 3.81. The maximum Gasteiger partial charge on any atom is 0.179 e. The van der Waals surface area contributed by atoms with Crippen LogP contribution in [-0.4, -0.2) is 30.6 Å². The van der Waals surface area contributed by atoms with E-state index in [0.29, 0.717) is 12.0 Å². The van der Waals surface area contributed by atoms with Crippen LogP contribution in [0.1, 0.15) is 31.0 Å². The molecule has 0 saturated heterocycles. The van der Waals surface area contributed by atoms with Gasteiger partial charge in [-0.1, -0.05) is 0 Å². The van der Waals surface area contributed by atoms with Crippen LogP contribution in [0.2, 0.25) is 0 Å². The summed E-state index contributed by atoms with van der Waals surface area (Å²) in [6.45, 7) is 0. The Morgan fingerprint density at radius 1 is 1.33 bits per heavy atom. The van der Waals surface area contributed by atoms with E-state index >= 15 is 0 Å². The molecule has 0 aliphatic heterocycles. The first-order chi connectivity index (χ1) is 8.83. The van der Waals surface area contributed by atoms with E-state index in [1.54, 1.807) is 6.20 Å². The van der Waals surface area contributed by atoms with Gasteiger partial charge in [-0.05, 0) is 25.3 Å². The molecule has 0 spiro atoms. The third kappa shape index (κ3) is 1.29. The number of nitrogens with one attached hydrogen (secondary N) is 1. The first kappa shape index (κ1) is 10.0. The fourth-order valence-corrected chi connectivity index (χ4v) is 2.91. The van der Waals surface area contributed by atoms with Crippen LogP contribution in [0.4, 0.5) is 0 Å². The highest BCUT2D eigenvalue weighted by Gasteiger charge is 2.27. The molecule has 2 atom stereocenters. The first-order valence-corrected chi connectivity index (χ1v) is 6.25. The van der Waals surface area contributed by atoms with E-state index < -0.39 is 0 Å². The number of aromatic nitrogens is 5. The zero-order valence-corrected chi connectivity index (χ0v) is 9.87. The Morgan fingerprint density at radius 3 is 3.11 bits per heavy atom. The summed E-state index contributed by atoms with van der Waals surface area (Å²) < 4.78 is 2.10. The normalized spacial score (nSPS) is 24.3. The number of hydrogen-bond donors (Lipinski definition) is 2. The number of nitrogens with two attached hydrogens (primary N) is 1. The average Bonchev–Trinajstić information content (AvgIpc) is 3.03. The van der Waals surface area contributed by atoms with Gasteiger partial charge < -0.3 is 10.7 Å². The topological polar surface area (TPSA) is 84.9 Å². The smallest absolute Gasteiger partial charge is 0.179 e. The van der Waals surface area contributed by atoms with Crippen LogP contribution >= 0.6 is 0 Å². The molecule has 4 rings (SSSR count). The van der Waals surface area contributed by atoms with E-state index in [1.807, 2.05) is 12.3 Å². The largest absolute Gasteiger partial charge is 0.345 e. The van der Waals surface area contributed by atoms with Crippen molar-refractivity contribution in [3.05, 3.63) is 24.3 Å². The van der Waals surface area contributed by atoms with Crippen LogP contribution in [0.5, 0.6) is 0 Å². The average molecular weight is 242 g/mol. The molecule has 0 unspecified atom stereocenters. The minimum atomic E-state index is 0.297. The van der Waals surface area contributed by atoms with Crippen LogP contribution in [-0.2, 0) is 0 Å². The molecule has 1 fully saturated rings. The summed E-state index contributed by atoms with van der Waals surface area (Å²) in [5.74, 6) is 1.43. The molecular formula is C12H14N6. The second kappa shape index (κ2) is 3.52. The summed E-state index contributed by atoms with van der Waals surface area (Å²) in [4.78, 5) is 7.44. The van der Waals surface area contributed by atoms with Gasteiger partial charge in [0, 0.05) is 18.2 Å². The number of H-pyrrole nitrogens is 1. The molecule has 3 N–H and O–H groups in total. The molecule has 1 saturated carbocycles. The van der Waals surface area contributed by atoms with E-state index in [9.17, 15) is 0 Å². The van der Waals surface area contributed by atoms with Crippen molar-refractivity contribution in [1.82, 2.24) is 24.6 Å². The lowest BCUT2D eigenvalue weighted by Crippen LogP contribution is -2.15. The molecule has 6 nitrogen and oxygen atoms in total. The Kier molecular flexibility index (Phi) is 1.96. The van der Waals surface area contributed by atoms with Gasteiger partial charge in [-0.2, -0.15) is 0 Å². The SMILES string of the molecule is N[C@@H]1CC[C@@H](c2nnc3cnc4[nH]ccc4n23)C1. The fourth-order valence-electron chi connectivity index (χ4n) is 2.91. The van der Waals surface area contributed by atoms with Crippen molar-refractivity contribution in [2.24, 2.45) is 5.73 Å². The third-order valence-corrected chi connectivity index (χ3v) is 3.81. The molecule has 1 aliphatic rings. The molecule has 0 bridgehead atoms. The molecule has 92 valence electrons. The van der Waals surface area contributed by atoms with Gasteiger partial charge in [0.2, 0.25) is 0 Å². The van der Waals surface area contributed by atoms with Gasteiger partial charge in [-0.15, -0.1) is 10.2 Å². The lowest BCUT2D eigenvalue weighted by Gasteiger charge is -2.07. The quantitative estimate of drug-likeness (QED) is 0.671. The Labute approximate surface area is 103 Å². The molecular weight excluding hydrogens is 228 g/mol. The minimum absolute atomic E-state index is 0.297. The Hall–Kier alpha value is -1.95. The van der Waals surface area contributed by atoms with Gasteiger partial charge in [-0.25, -0.2) is 4.98 Å². The summed E-state index contributed by atoms with van der Waals surface area (Å²) in [5, 5.41) is 8.56. The molecule has 1 aliphatic carbocycles. The number of fused-ring (bicyclic) bond motifs is 3. The lowest BCUT2D eigenvalue weighted by molar-refractivity contribution is 0.639. The van der Waals surface area contributed by atoms with Gasteiger partial charge in [-0.3, -0.25) is 4.40 Å². The highest BCUT2D eigenvalue weighted by atomic mass is 15.3. The highest BCUT2D eigenvalue weighted by molar-refractivity contribution is 5.74. The summed E-state index contributed by atoms with van der Waals surface area (Å²) in [6.07, 6.45) is 6.80. The van der Waals surface area contributed by atoms with Crippen molar-refractivity contribution in [3.8, 4) is 0 Å². The van der Waals surface area contributed by atoms with Gasteiger partial charge in [0.05, 0.1) is 11.7 Å². The van der Waals surface area contributed by atoms with E-state index in [-0.39, 0.29) is 0 Å². The number of rotatable bonds is 1. The van der Waals surface area contributed by atoms with Crippen LogP contribution in [0.25, 0.3) is 16.8 Å². The number of nitrogens with zero attached hydrogens (tertiary/aromatic N) is 4. The number of aromatic amines is 1. The predicted molar refractivity (Wildman–Crippen MR) is 67.2 cm³/mol. The van der Waals surface area contributed by atoms with Crippen molar-refractivity contribution >= 4 is 16.8 Å². The monoisotopic (exact) mass is 242 g/mol.